The van der Waals surface area contributed by atoms with E-state index in [9.17, 15) is 13.9 Å². The fourth-order valence-corrected chi connectivity index (χ4v) is 1.96. The van der Waals surface area contributed by atoms with Crippen LogP contribution in [0.1, 0.15) is 32.8 Å². The van der Waals surface area contributed by atoms with E-state index in [-0.39, 0.29) is 17.5 Å². The zero-order valence-corrected chi connectivity index (χ0v) is 11.8. The second kappa shape index (κ2) is 6.44. The van der Waals surface area contributed by atoms with Crippen molar-refractivity contribution in [3.8, 4) is 0 Å². The molecule has 1 aromatic carbocycles. The van der Waals surface area contributed by atoms with Crippen molar-refractivity contribution in [2.24, 2.45) is 5.41 Å². The normalized spacial score (nSPS) is 14.4. The minimum atomic E-state index is -2.91. The Labute approximate surface area is 113 Å². The maximum Gasteiger partial charge on any atom is 0.285 e. The lowest BCUT2D eigenvalue weighted by Gasteiger charge is -2.23. The fourth-order valence-electron chi connectivity index (χ4n) is 1.96. The molecule has 19 heavy (non-hydrogen) atoms. The summed E-state index contributed by atoms with van der Waals surface area (Å²) >= 11 is 0. The Morgan fingerprint density at radius 3 is 2.26 bits per heavy atom. The SMILES string of the molecule is CC(C)(C)CC(O)CNCC(F)(F)c1ccccc1. The Kier molecular flexibility index (Phi) is 5.44. The van der Waals surface area contributed by atoms with E-state index in [1.54, 1.807) is 18.2 Å². The first-order valence-electron chi connectivity index (χ1n) is 6.53. The highest BCUT2D eigenvalue weighted by Crippen LogP contribution is 2.26. The lowest BCUT2D eigenvalue weighted by atomic mass is 9.89. The van der Waals surface area contributed by atoms with Crippen molar-refractivity contribution >= 4 is 0 Å². The van der Waals surface area contributed by atoms with Crippen molar-refractivity contribution in [3.05, 3.63) is 35.9 Å². The highest BCUT2D eigenvalue weighted by molar-refractivity contribution is 5.20. The molecule has 2 nitrogen and oxygen atoms in total. The minimum absolute atomic E-state index is 0.00666. The van der Waals surface area contributed by atoms with E-state index < -0.39 is 18.6 Å². The molecule has 0 aliphatic rings. The summed E-state index contributed by atoms with van der Waals surface area (Å²) in [6.45, 7) is 5.75. The van der Waals surface area contributed by atoms with Gasteiger partial charge in [-0.15, -0.1) is 0 Å². The molecule has 0 saturated carbocycles. The van der Waals surface area contributed by atoms with E-state index in [4.69, 9.17) is 0 Å². The van der Waals surface area contributed by atoms with E-state index in [0.717, 1.165) is 0 Å². The van der Waals surface area contributed by atoms with Gasteiger partial charge in [-0.2, -0.15) is 8.78 Å². The van der Waals surface area contributed by atoms with Crippen LogP contribution in [0.5, 0.6) is 0 Å². The van der Waals surface area contributed by atoms with Crippen LogP contribution >= 0.6 is 0 Å². The molecule has 0 aliphatic heterocycles. The predicted molar refractivity (Wildman–Crippen MR) is 73.3 cm³/mol. The highest BCUT2D eigenvalue weighted by atomic mass is 19.3. The van der Waals surface area contributed by atoms with Crippen LogP contribution < -0.4 is 5.32 Å². The molecule has 1 atom stereocenters. The summed E-state index contributed by atoms with van der Waals surface area (Å²) in [4.78, 5) is 0. The van der Waals surface area contributed by atoms with Crippen LogP contribution in [-0.4, -0.2) is 24.3 Å². The molecular weight excluding hydrogens is 248 g/mol. The molecule has 0 aromatic heterocycles. The third kappa shape index (κ3) is 6.12. The molecule has 0 spiro atoms. The molecule has 0 saturated heterocycles. The number of hydrogen-bond acceptors (Lipinski definition) is 2. The van der Waals surface area contributed by atoms with Crippen LogP contribution in [0.2, 0.25) is 0 Å². The molecule has 1 rings (SSSR count). The first kappa shape index (κ1) is 16.1. The quantitative estimate of drug-likeness (QED) is 0.833. The average molecular weight is 271 g/mol. The third-order valence-electron chi connectivity index (χ3n) is 2.77. The molecule has 0 heterocycles. The van der Waals surface area contributed by atoms with Gasteiger partial charge in [-0.3, -0.25) is 0 Å². The molecule has 1 aromatic rings. The van der Waals surface area contributed by atoms with Gasteiger partial charge in [-0.25, -0.2) is 0 Å². The van der Waals surface area contributed by atoms with Gasteiger partial charge in [0.2, 0.25) is 0 Å². The summed E-state index contributed by atoms with van der Waals surface area (Å²) in [5.41, 5.74) is -0.0175. The molecule has 1 unspecified atom stereocenters. The Hall–Kier alpha value is -1.00. The van der Waals surface area contributed by atoms with Gasteiger partial charge in [-0.1, -0.05) is 51.1 Å². The zero-order chi connectivity index (χ0) is 14.5. The monoisotopic (exact) mass is 271 g/mol. The Balaban J connectivity index is 2.40. The molecular formula is C15H23F2NO. The summed E-state index contributed by atoms with van der Waals surface area (Å²) in [7, 11) is 0. The van der Waals surface area contributed by atoms with Crippen molar-refractivity contribution in [1.29, 1.82) is 0 Å². The molecule has 2 N–H and O–H groups in total. The van der Waals surface area contributed by atoms with Crippen LogP contribution in [0.3, 0.4) is 0 Å². The first-order valence-corrected chi connectivity index (χ1v) is 6.53. The summed E-state index contributed by atoms with van der Waals surface area (Å²) in [6, 6.07) is 7.72. The highest BCUT2D eigenvalue weighted by Gasteiger charge is 2.30. The van der Waals surface area contributed by atoms with E-state index in [2.05, 4.69) is 5.32 Å². The van der Waals surface area contributed by atoms with E-state index in [0.29, 0.717) is 6.42 Å². The van der Waals surface area contributed by atoms with Gasteiger partial charge < -0.3 is 10.4 Å². The third-order valence-corrected chi connectivity index (χ3v) is 2.77. The van der Waals surface area contributed by atoms with Gasteiger partial charge in [0, 0.05) is 12.1 Å². The van der Waals surface area contributed by atoms with Gasteiger partial charge >= 0.3 is 0 Å². The first-order chi connectivity index (χ1) is 8.71. The van der Waals surface area contributed by atoms with Crippen LogP contribution in [0.4, 0.5) is 8.78 Å². The Morgan fingerprint density at radius 2 is 1.74 bits per heavy atom. The topological polar surface area (TPSA) is 32.3 Å². The van der Waals surface area contributed by atoms with Crippen molar-refractivity contribution < 1.29 is 13.9 Å². The fraction of sp³-hybridized carbons (Fsp3) is 0.600. The minimum Gasteiger partial charge on any atom is -0.392 e. The summed E-state index contributed by atoms with van der Waals surface area (Å²) in [6.07, 6.45) is -0.0248. The maximum absolute atomic E-state index is 13.8. The summed E-state index contributed by atoms with van der Waals surface area (Å²) < 4.78 is 27.6. The lowest BCUT2D eigenvalue weighted by molar-refractivity contribution is -0.00647. The van der Waals surface area contributed by atoms with Gasteiger partial charge in [0.25, 0.3) is 5.92 Å². The largest absolute Gasteiger partial charge is 0.392 e. The zero-order valence-electron chi connectivity index (χ0n) is 11.8. The summed E-state index contributed by atoms with van der Waals surface area (Å²) in [5, 5.41) is 12.4. The molecule has 0 bridgehead atoms. The van der Waals surface area contributed by atoms with Crippen molar-refractivity contribution in [1.82, 2.24) is 5.32 Å². The Morgan fingerprint density at radius 1 is 1.16 bits per heavy atom. The lowest BCUT2D eigenvalue weighted by Crippen LogP contribution is -2.36. The van der Waals surface area contributed by atoms with E-state index in [1.807, 2.05) is 20.8 Å². The van der Waals surface area contributed by atoms with Crippen molar-refractivity contribution in [3.63, 3.8) is 0 Å². The van der Waals surface area contributed by atoms with Gasteiger partial charge in [0.05, 0.1) is 12.6 Å². The average Bonchev–Trinajstić information content (AvgIpc) is 2.27. The number of aliphatic hydroxyl groups is 1. The number of benzene rings is 1. The van der Waals surface area contributed by atoms with Gasteiger partial charge in [0.1, 0.15) is 0 Å². The van der Waals surface area contributed by atoms with E-state index in [1.165, 1.54) is 12.1 Å². The smallest absolute Gasteiger partial charge is 0.285 e. The number of alkyl halides is 2. The number of aliphatic hydroxyl groups excluding tert-OH is 1. The molecule has 0 amide bonds. The second-order valence-corrected chi connectivity index (χ2v) is 6.12. The standard InChI is InChI=1S/C15H23F2NO/c1-14(2,3)9-13(19)10-18-11-15(16,17)12-7-5-4-6-8-12/h4-8,13,18-19H,9-11H2,1-3H3. The van der Waals surface area contributed by atoms with Crippen LogP contribution in [0, 0.1) is 5.41 Å². The summed E-state index contributed by atoms with van der Waals surface area (Å²) in [5.74, 6) is -2.91. The van der Waals surface area contributed by atoms with Crippen LogP contribution in [0.25, 0.3) is 0 Å². The van der Waals surface area contributed by atoms with Crippen LogP contribution in [-0.2, 0) is 5.92 Å². The van der Waals surface area contributed by atoms with E-state index >= 15 is 0 Å². The molecule has 0 aliphatic carbocycles. The predicted octanol–water partition coefficient (Wildman–Crippen LogP) is 3.17. The van der Waals surface area contributed by atoms with Gasteiger partial charge in [0.15, 0.2) is 0 Å². The van der Waals surface area contributed by atoms with Gasteiger partial charge in [-0.05, 0) is 11.8 Å². The maximum atomic E-state index is 13.8. The molecule has 108 valence electrons. The van der Waals surface area contributed by atoms with Crippen molar-refractivity contribution in [2.75, 3.05) is 13.1 Å². The molecule has 4 heteroatoms. The molecule has 0 fully saturated rings. The van der Waals surface area contributed by atoms with Crippen molar-refractivity contribution in [2.45, 2.75) is 39.2 Å². The number of rotatable bonds is 6. The number of halogens is 2. The number of nitrogens with one attached hydrogen (secondary N) is 1. The molecule has 0 radical (unpaired) electrons. The second-order valence-electron chi connectivity index (χ2n) is 6.12. The Bertz CT molecular complexity index is 373. The number of hydrogen-bond donors (Lipinski definition) is 2. The van der Waals surface area contributed by atoms with Crippen LogP contribution in [0.15, 0.2) is 30.3 Å².